The van der Waals surface area contributed by atoms with E-state index in [9.17, 15) is 0 Å². The number of hydrogen-bond donors (Lipinski definition) is 0. The molecular weight excluding hydrogens is 148 g/mol. The lowest BCUT2D eigenvalue weighted by atomic mass is 9.88. The van der Waals surface area contributed by atoms with Crippen molar-refractivity contribution >= 4 is 0 Å². The summed E-state index contributed by atoms with van der Waals surface area (Å²) in [5.74, 6) is 0.148. The van der Waals surface area contributed by atoms with E-state index in [1.54, 1.807) is 0 Å². The molecule has 0 radical (unpaired) electrons. The molecule has 0 aromatic carbocycles. The van der Waals surface area contributed by atoms with Gasteiger partial charge >= 0.3 is 0 Å². The first-order valence-electron chi connectivity index (χ1n) is 4.36. The first kappa shape index (κ1) is 7.42. The standard InChI is InChI=1S/C10H12N2/c1-12-6-5-9-8(7-11)3-2-4-10(9)12/h5-6,8H,2-4H2,1H3. The lowest BCUT2D eigenvalue weighted by Crippen LogP contribution is -2.09. The van der Waals surface area contributed by atoms with Crippen LogP contribution in [0.5, 0.6) is 0 Å². The third-order valence-corrected chi connectivity index (χ3v) is 2.67. The highest BCUT2D eigenvalue weighted by Gasteiger charge is 2.21. The molecular formula is C10H12N2. The average Bonchev–Trinajstić information content (AvgIpc) is 2.48. The molecule has 0 saturated heterocycles. The van der Waals surface area contributed by atoms with Gasteiger partial charge in [-0.15, -0.1) is 0 Å². The van der Waals surface area contributed by atoms with Gasteiger partial charge in [0.2, 0.25) is 0 Å². The van der Waals surface area contributed by atoms with E-state index in [2.05, 4.69) is 29.9 Å². The van der Waals surface area contributed by atoms with Crippen LogP contribution in [-0.4, -0.2) is 4.57 Å². The Kier molecular flexibility index (Phi) is 1.65. The highest BCUT2D eigenvalue weighted by atomic mass is 14.9. The lowest BCUT2D eigenvalue weighted by molar-refractivity contribution is 0.610. The van der Waals surface area contributed by atoms with Crippen molar-refractivity contribution in [1.82, 2.24) is 4.57 Å². The molecule has 1 aromatic heterocycles. The van der Waals surface area contributed by atoms with Crippen molar-refractivity contribution in [3.05, 3.63) is 23.5 Å². The van der Waals surface area contributed by atoms with Crippen molar-refractivity contribution in [2.75, 3.05) is 0 Å². The number of aromatic nitrogens is 1. The summed E-state index contributed by atoms with van der Waals surface area (Å²) in [4.78, 5) is 0. The van der Waals surface area contributed by atoms with E-state index < -0.39 is 0 Å². The summed E-state index contributed by atoms with van der Waals surface area (Å²) in [5.41, 5.74) is 2.61. The Morgan fingerprint density at radius 3 is 3.25 bits per heavy atom. The summed E-state index contributed by atoms with van der Waals surface area (Å²) in [6, 6.07) is 4.45. The van der Waals surface area contributed by atoms with E-state index in [1.807, 2.05) is 0 Å². The molecule has 62 valence electrons. The van der Waals surface area contributed by atoms with E-state index in [1.165, 1.54) is 11.3 Å². The van der Waals surface area contributed by atoms with Crippen molar-refractivity contribution in [2.45, 2.75) is 25.2 Å². The first-order valence-corrected chi connectivity index (χ1v) is 4.36. The fraction of sp³-hybridized carbons (Fsp3) is 0.500. The van der Waals surface area contributed by atoms with Crippen molar-refractivity contribution < 1.29 is 0 Å². The molecule has 12 heavy (non-hydrogen) atoms. The predicted molar refractivity (Wildman–Crippen MR) is 46.7 cm³/mol. The molecule has 0 N–H and O–H groups in total. The van der Waals surface area contributed by atoms with Crippen molar-refractivity contribution in [3.8, 4) is 6.07 Å². The molecule has 1 aliphatic carbocycles. The molecule has 0 spiro atoms. The van der Waals surface area contributed by atoms with E-state index in [0.29, 0.717) is 0 Å². The molecule has 2 heteroatoms. The molecule has 1 aliphatic rings. The molecule has 1 heterocycles. The van der Waals surface area contributed by atoms with Gasteiger partial charge < -0.3 is 4.57 Å². The summed E-state index contributed by atoms with van der Waals surface area (Å²) < 4.78 is 2.14. The van der Waals surface area contributed by atoms with Gasteiger partial charge in [0.1, 0.15) is 0 Å². The fourth-order valence-electron chi connectivity index (χ4n) is 1.98. The van der Waals surface area contributed by atoms with E-state index >= 15 is 0 Å². The number of aryl methyl sites for hydroxylation is 1. The maximum atomic E-state index is 8.89. The van der Waals surface area contributed by atoms with Crippen LogP contribution in [0.3, 0.4) is 0 Å². The molecule has 0 fully saturated rings. The Balaban J connectivity index is 2.47. The Morgan fingerprint density at radius 2 is 2.50 bits per heavy atom. The zero-order valence-electron chi connectivity index (χ0n) is 7.25. The third kappa shape index (κ3) is 0.937. The van der Waals surface area contributed by atoms with E-state index in [0.717, 1.165) is 19.3 Å². The average molecular weight is 160 g/mol. The number of nitrogens with zero attached hydrogens (tertiary/aromatic N) is 2. The van der Waals surface area contributed by atoms with Gasteiger partial charge in [0, 0.05) is 18.9 Å². The van der Waals surface area contributed by atoms with Gasteiger partial charge in [-0.1, -0.05) is 0 Å². The second kappa shape index (κ2) is 2.67. The molecule has 0 amide bonds. The highest BCUT2D eigenvalue weighted by molar-refractivity contribution is 5.32. The van der Waals surface area contributed by atoms with Crippen molar-refractivity contribution in [2.24, 2.45) is 7.05 Å². The SMILES string of the molecule is Cn1ccc2c1CCCC2C#N. The molecule has 0 aliphatic heterocycles. The van der Waals surface area contributed by atoms with Crippen molar-refractivity contribution in [1.29, 1.82) is 5.26 Å². The van der Waals surface area contributed by atoms with Crippen LogP contribution in [0.25, 0.3) is 0 Å². The summed E-state index contributed by atoms with van der Waals surface area (Å²) in [7, 11) is 2.05. The van der Waals surface area contributed by atoms with Gasteiger partial charge in [-0.25, -0.2) is 0 Å². The highest BCUT2D eigenvalue weighted by Crippen LogP contribution is 2.31. The number of fused-ring (bicyclic) bond motifs is 1. The Morgan fingerprint density at radius 1 is 1.67 bits per heavy atom. The zero-order valence-corrected chi connectivity index (χ0v) is 7.25. The minimum atomic E-state index is 0.148. The summed E-state index contributed by atoms with van der Waals surface area (Å²) in [5, 5.41) is 8.89. The zero-order chi connectivity index (χ0) is 8.55. The lowest BCUT2D eigenvalue weighted by Gasteiger charge is -2.17. The number of rotatable bonds is 0. The Hall–Kier alpha value is -1.23. The molecule has 1 unspecified atom stereocenters. The van der Waals surface area contributed by atoms with Gasteiger partial charge in [-0.2, -0.15) is 5.26 Å². The monoisotopic (exact) mass is 160 g/mol. The van der Waals surface area contributed by atoms with Crippen LogP contribution >= 0.6 is 0 Å². The molecule has 0 saturated carbocycles. The largest absolute Gasteiger partial charge is 0.354 e. The van der Waals surface area contributed by atoms with Crippen molar-refractivity contribution in [3.63, 3.8) is 0 Å². The smallest absolute Gasteiger partial charge is 0.0730 e. The Bertz CT molecular complexity index is 330. The maximum absolute atomic E-state index is 8.89. The quantitative estimate of drug-likeness (QED) is 0.570. The van der Waals surface area contributed by atoms with Crippen LogP contribution in [-0.2, 0) is 13.5 Å². The van der Waals surface area contributed by atoms with Gasteiger partial charge in [0.25, 0.3) is 0 Å². The topological polar surface area (TPSA) is 28.7 Å². The summed E-state index contributed by atoms with van der Waals surface area (Å²) >= 11 is 0. The van der Waals surface area contributed by atoms with Gasteiger partial charge in [-0.3, -0.25) is 0 Å². The summed E-state index contributed by atoms with van der Waals surface area (Å²) in [6.45, 7) is 0. The predicted octanol–water partition coefficient (Wildman–Crippen LogP) is 1.97. The molecule has 2 rings (SSSR count). The summed E-state index contributed by atoms with van der Waals surface area (Å²) in [6.07, 6.45) is 5.38. The van der Waals surface area contributed by atoms with Crippen LogP contribution < -0.4 is 0 Å². The van der Waals surface area contributed by atoms with E-state index in [4.69, 9.17) is 5.26 Å². The molecule has 0 bridgehead atoms. The second-order valence-electron chi connectivity index (χ2n) is 3.40. The van der Waals surface area contributed by atoms with Crippen LogP contribution in [0.4, 0.5) is 0 Å². The normalized spacial score (nSPS) is 21.5. The van der Waals surface area contributed by atoms with Gasteiger partial charge in [0.15, 0.2) is 0 Å². The number of hydrogen-bond acceptors (Lipinski definition) is 1. The second-order valence-corrected chi connectivity index (χ2v) is 3.40. The molecule has 1 aromatic rings. The van der Waals surface area contributed by atoms with Crippen LogP contribution in [0.1, 0.15) is 30.0 Å². The van der Waals surface area contributed by atoms with Gasteiger partial charge in [0.05, 0.1) is 12.0 Å². The van der Waals surface area contributed by atoms with E-state index in [-0.39, 0.29) is 5.92 Å². The maximum Gasteiger partial charge on any atom is 0.0730 e. The van der Waals surface area contributed by atoms with Crippen LogP contribution in [0, 0.1) is 11.3 Å². The minimum Gasteiger partial charge on any atom is -0.354 e. The Labute approximate surface area is 72.4 Å². The minimum absolute atomic E-state index is 0.148. The van der Waals surface area contributed by atoms with Crippen LogP contribution in [0.15, 0.2) is 12.3 Å². The van der Waals surface area contributed by atoms with Gasteiger partial charge in [-0.05, 0) is 30.9 Å². The third-order valence-electron chi connectivity index (χ3n) is 2.67. The molecule has 2 nitrogen and oxygen atoms in total. The molecule has 1 atom stereocenters. The fourth-order valence-corrected chi connectivity index (χ4v) is 1.98. The van der Waals surface area contributed by atoms with Crippen LogP contribution in [0.2, 0.25) is 0 Å². The number of nitriles is 1. The first-order chi connectivity index (χ1) is 5.83.